The molecule has 0 unspecified atom stereocenters. The number of hydrogen-bond acceptors (Lipinski definition) is 3. The number of aryl methyl sites for hydroxylation is 1. The fourth-order valence-corrected chi connectivity index (χ4v) is 1.80. The summed E-state index contributed by atoms with van der Waals surface area (Å²) in [7, 11) is 1.53. The number of fused-ring (bicyclic) bond motifs is 1. The molecule has 17 heavy (non-hydrogen) atoms. The van der Waals surface area contributed by atoms with Gasteiger partial charge in [0.1, 0.15) is 0 Å². The van der Waals surface area contributed by atoms with Gasteiger partial charge in [-0.2, -0.15) is 0 Å². The molecule has 0 aliphatic heterocycles. The third-order valence-corrected chi connectivity index (χ3v) is 2.76. The lowest BCUT2D eigenvalue weighted by Gasteiger charge is -2.00. The predicted octanol–water partition coefficient (Wildman–Crippen LogP) is 2.86. The van der Waals surface area contributed by atoms with Crippen LogP contribution in [0.25, 0.3) is 11.0 Å². The maximum absolute atomic E-state index is 4.92. The molecule has 2 N–H and O–H groups in total. The van der Waals surface area contributed by atoms with Gasteiger partial charge in [-0.15, -0.1) is 0 Å². The molecule has 2 rings (SSSR count). The van der Waals surface area contributed by atoms with E-state index in [-0.39, 0.29) is 0 Å². The second-order valence-electron chi connectivity index (χ2n) is 3.80. The van der Waals surface area contributed by atoms with Gasteiger partial charge in [0.2, 0.25) is 5.95 Å². The molecule has 4 nitrogen and oxygen atoms in total. The minimum Gasteiger partial charge on any atom is -0.474 e. The van der Waals surface area contributed by atoms with Crippen LogP contribution in [-0.2, 0) is 11.2 Å². The van der Waals surface area contributed by atoms with Crippen molar-refractivity contribution in [2.75, 3.05) is 12.4 Å². The molecule has 1 aromatic heterocycles. The van der Waals surface area contributed by atoms with Crippen molar-refractivity contribution in [3.8, 4) is 0 Å². The molecule has 1 aromatic carbocycles. The van der Waals surface area contributed by atoms with Gasteiger partial charge in [-0.05, 0) is 36.3 Å². The minimum absolute atomic E-state index is 0.304. The number of nitrogens with zero attached hydrogens (tertiary/aromatic N) is 1. The predicted molar refractivity (Wildman–Crippen MR) is 73.3 cm³/mol. The summed E-state index contributed by atoms with van der Waals surface area (Å²) in [6, 6.07) is 6.23. The number of methoxy groups -OCH3 is 1. The second-order valence-corrected chi connectivity index (χ2v) is 4.17. The summed E-state index contributed by atoms with van der Waals surface area (Å²) < 4.78 is 4.87. The fraction of sp³-hybridized carbons (Fsp3) is 0.333. The number of nitrogens with one attached hydrogen (secondary N) is 2. The Morgan fingerprint density at radius 3 is 3.06 bits per heavy atom. The van der Waals surface area contributed by atoms with Gasteiger partial charge in [0, 0.05) is 0 Å². The smallest absolute Gasteiger partial charge is 0.263 e. The summed E-state index contributed by atoms with van der Waals surface area (Å²) in [5, 5.41) is 3.18. The van der Waals surface area contributed by atoms with Crippen molar-refractivity contribution < 1.29 is 4.74 Å². The molecule has 2 aromatic rings. The summed E-state index contributed by atoms with van der Waals surface area (Å²) in [4.78, 5) is 7.54. The van der Waals surface area contributed by atoms with Crippen molar-refractivity contribution in [3.05, 3.63) is 23.8 Å². The normalized spacial score (nSPS) is 10.5. The van der Waals surface area contributed by atoms with Crippen molar-refractivity contribution in [1.29, 1.82) is 0 Å². The van der Waals surface area contributed by atoms with E-state index in [1.165, 1.54) is 12.7 Å². The van der Waals surface area contributed by atoms with Crippen LogP contribution in [0.3, 0.4) is 0 Å². The van der Waals surface area contributed by atoms with E-state index in [9.17, 15) is 0 Å². The zero-order valence-electron chi connectivity index (χ0n) is 9.91. The Morgan fingerprint density at radius 2 is 2.35 bits per heavy atom. The van der Waals surface area contributed by atoms with Crippen molar-refractivity contribution >= 4 is 34.4 Å². The number of aromatic nitrogens is 2. The van der Waals surface area contributed by atoms with E-state index < -0.39 is 0 Å². The highest BCUT2D eigenvalue weighted by Gasteiger charge is 2.04. The summed E-state index contributed by atoms with van der Waals surface area (Å²) in [5.74, 6) is 0.612. The van der Waals surface area contributed by atoms with Crippen molar-refractivity contribution in [2.24, 2.45) is 0 Å². The highest BCUT2D eigenvalue weighted by Crippen LogP contribution is 2.17. The van der Waals surface area contributed by atoms with Crippen LogP contribution in [-0.4, -0.2) is 22.3 Å². The summed E-state index contributed by atoms with van der Waals surface area (Å²) in [6.07, 6.45) is 2.21. The minimum atomic E-state index is 0.304. The molecule has 0 fully saturated rings. The van der Waals surface area contributed by atoms with E-state index in [4.69, 9.17) is 17.0 Å². The van der Waals surface area contributed by atoms with Crippen LogP contribution >= 0.6 is 12.2 Å². The number of benzene rings is 1. The van der Waals surface area contributed by atoms with Crippen LogP contribution in [0.15, 0.2) is 18.2 Å². The number of H-pyrrole nitrogens is 1. The van der Waals surface area contributed by atoms with Crippen LogP contribution in [0, 0.1) is 0 Å². The first-order chi connectivity index (χ1) is 8.22. The molecular weight excluding hydrogens is 234 g/mol. The standard InChI is InChI=1S/C12H15N3OS/c1-3-4-8-5-6-9-10(7-8)14-11(13-9)15-12(17)16-2/h5-7H,3-4H2,1-2H3,(H2,13,14,15,17). The Labute approximate surface area is 105 Å². The van der Waals surface area contributed by atoms with E-state index in [0.29, 0.717) is 11.1 Å². The van der Waals surface area contributed by atoms with E-state index in [2.05, 4.69) is 34.3 Å². The Bertz CT molecular complexity index is 536. The Balaban J connectivity index is 2.27. The van der Waals surface area contributed by atoms with Crippen LogP contribution in [0.4, 0.5) is 5.95 Å². The van der Waals surface area contributed by atoms with E-state index in [1.807, 2.05) is 6.07 Å². The molecule has 0 aliphatic carbocycles. The lowest BCUT2D eigenvalue weighted by atomic mass is 10.1. The molecule has 0 spiro atoms. The molecule has 90 valence electrons. The highest BCUT2D eigenvalue weighted by molar-refractivity contribution is 7.80. The maximum Gasteiger partial charge on any atom is 0.263 e. The zero-order chi connectivity index (χ0) is 12.3. The summed E-state index contributed by atoms with van der Waals surface area (Å²) in [6.45, 7) is 2.17. The fourth-order valence-electron chi connectivity index (χ4n) is 1.71. The molecule has 0 atom stereocenters. The number of thiocarbonyl (C=S) groups is 1. The third-order valence-electron chi connectivity index (χ3n) is 2.49. The highest BCUT2D eigenvalue weighted by atomic mass is 32.1. The summed E-state index contributed by atoms with van der Waals surface area (Å²) >= 11 is 4.92. The number of aromatic amines is 1. The van der Waals surface area contributed by atoms with Crippen LogP contribution in [0.2, 0.25) is 0 Å². The average molecular weight is 249 g/mol. The topological polar surface area (TPSA) is 49.9 Å². The number of anilines is 1. The van der Waals surface area contributed by atoms with Gasteiger partial charge in [-0.25, -0.2) is 4.98 Å². The van der Waals surface area contributed by atoms with Gasteiger partial charge >= 0.3 is 0 Å². The van der Waals surface area contributed by atoms with Crippen molar-refractivity contribution in [3.63, 3.8) is 0 Å². The maximum atomic E-state index is 4.92. The van der Waals surface area contributed by atoms with Gasteiger partial charge in [0.05, 0.1) is 18.1 Å². The first-order valence-electron chi connectivity index (χ1n) is 5.56. The van der Waals surface area contributed by atoms with Gasteiger partial charge in [-0.1, -0.05) is 19.4 Å². The van der Waals surface area contributed by atoms with Gasteiger partial charge in [0.25, 0.3) is 5.17 Å². The largest absolute Gasteiger partial charge is 0.474 e. The molecular formula is C12H15N3OS. The molecule has 0 bridgehead atoms. The van der Waals surface area contributed by atoms with Crippen LogP contribution in [0.5, 0.6) is 0 Å². The SMILES string of the molecule is CCCc1ccc2nc(NC(=S)OC)[nH]c2c1. The Kier molecular flexibility index (Phi) is 3.58. The van der Waals surface area contributed by atoms with Gasteiger partial charge in [-0.3, -0.25) is 5.32 Å². The number of ether oxygens (including phenoxy) is 1. The van der Waals surface area contributed by atoms with Gasteiger partial charge in [0.15, 0.2) is 0 Å². The average Bonchev–Trinajstić information content (AvgIpc) is 2.70. The first-order valence-corrected chi connectivity index (χ1v) is 5.97. The van der Waals surface area contributed by atoms with Crippen LogP contribution < -0.4 is 5.32 Å². The molecule has 1 heterocycles. The lowest BCUT2D eigenvalue weighted by molar-refractivity contribution is 0.413. The molecule has 0 aliphatic rings. The molecule has 0 saturated heterocycles. The first kappa shape index (κ1) is 11.9. The lowest BCUT2D eigenvalue weighted by Crippen LogP contribution is -2.11. The molecule has 0 saturated carbocycles. The van der Waals surface area contributed by atoms with Crippen molar-refractivity contribution in [2.45, 2.75) is 19.8 Å². The monoisotopic (exact) mass is 249 g/mol. The molecule has 0 amide bonds. The third kappa shape index (κ3) is 2.74. The molecule has 0 radical (unpaired) electrons. The Morgan fingerprint density at radius 1 is 1.53 bits per heavy atom. The van der Waals surface area contributed by atoms with Gasteiger partial charge < -0.3 is 9.72 Å². The number of rotatable bonds is 3. The van der Waals surface area contributed by atoms with Crippen LogP contribution in [0.1, 0.15) is 18.9 Å². The quantitative estimate of drug-likeness (QED) is 0.821. The van der Waals surface area contributed by atoms with E-state index >= 15 is 0 Å². The number of imidazole rings is 1. The van der Waals surface area contributed by atoms with E-state index in [0.717, 1.165) is 23.9 Å². The summed E-state index contributed by atoms with van der Waals surface area (Å²) in [5.41, 5.74) is 3.24. The second kappa shape index (κ2) is 5.14. The molecule has 5 heteroatoms. The zero-order valence-corrected chi connectivity index (χ0v) is 10.7. The van der Waals surface area contributed by atoms with Crippen molar-refractivity contribution in [1.82, 2.24) is 9.97 Å². The van der Waals surface area contributed by atoms with E-state index in [1.54, 1.807) is 0 Å². The number of hydrogen-bond donors (Lipinski definition) is 2. The Hall–Kier alpha value is -1.62.